The Morgan fingerprint density at radius 1 is 0.330 bits per heavy atom. The van der Waals surface area contributed by atoms with Gasteiger partial charge in [0.05, 0.1) is 27.7 Å². The quantitative estimate of drug-likeness (QED) is 0.0211. The Bertz CT molecular complexity index is 1540. The molecule has 9 nitrogen and oxygen atoms in total. The molecule has 0 saturated heterocycles. The van der Waals surface area contributed by atoms with E-state index in [1.165, 1.54) is 379 Å². The minimum Gasteiger partial charge on any atom is -0.462 e. The van der Waals surface area contributed by atoms with Gasteiger partial charge >= 0.3 is 19.8 Å². The number of allylic oxidation sites excluding steroid dienone is 2. The van der Waals surface area contributed by atoms with Crippen LogP contribution in [0.1, 0.15) is 444 Å². The van der Waals surface area contributed by atoms with Crippen LogP contribution in [0, 0.1) is 0 Å². The first-order valence-corrected chi connectivity index (χ1v) is 42.4. The van der Waals surface area contributed by atoms with Crippen LogP contribution in [0.4, 0.5) is 0 Å². The second-order valence-electron chi connectivity index (χ2n) is 29.5. The molecule has 0 aliphatic rings. The highest BCUT2D eigenvalue weighted by atomic mass is 31.2. The lowest BCUT2D eigenvalue weighted by molar-refractivity contribution is -0.870. The molecule has 0 rings (SSSR count). The zero-order valence-electron chi connectivity index (χ0n) is 62.1. The Kier molecular flexibility index (Phi) is 72.0. The Hall–Kier alpha value is -1.25. The Morgan fingerprint density at radius 2 is 0.560 bits per heavy atom. The van der Waals surface area contributed by atoms with Gasteiger partial charge in [-0.05, 0) is 38.5 Å². The molecule has 542 valence electrons. The molecular weight excluding hydrogens is 1150 g/mol. The molecule has 0 saturated carbocycles. The van der Waals surface area contributed by atoms with Gasteiger partial charge in [-0.2, -0.15) is 0 Å². The van der Waals surface area contributed by atoms with Crippen LogP contribution in [0.3, 0.4) is 0 Å². The van der Waals surface area contributed by atoms with Gasteiger partial charge in [0.15, 0.2) is 6.10 Å². The zero-order valence-corrected chi connectivity index (χ0v) is 63.0. The highest BCUT2D eigenvalue weighted by Gasteiger charge is 2.27. The third-order valence-corrected chi connectivity index (χ3v) is 20.0. The van der Waals surface area contributed by atoms with E-state index in [0.29, 0.717) is 17.4 Å². The fraction of sp³-hybridized carbons (Fsp3) is 0.951. The van der Waals surface area contributed by atoms with Gasteiger partial charge < -0.3 is 18.9 Å². The highest BCUT2D eigenvalue weighted by molar-refractivity contribution is 7.47. The Balaban J connectivity index is 3.86. The van der Waals surface area contributed by atoms with Gasteiger partial charge in [-0.15, -0.1) is 0 Å². The largest absolute Gasteiger partial charge is 0.472 e. The average Bonchev–Trinajstić information content (AvgIpc) is 3.30. The minimum absolute atomic E-state index is 0.0372. The maximum absolute atomic E-state index is 12.9. The van der Waals surface area contributed by atoms with Gasteiger partial charge in [0, 0.05) is 12.8 Å². The normalized spacial score (nSPS) is 13.0. The van der Waals surface area contributed by atoms with Gasteiger partial charge in [0.25, 0.3) is 0 Å². The van der Waals surface area contributed by atoms with Crippen molar-refractivity contribution >= 4 is 19.8 Å². The highest BCUT2D eigenvalue weighted by Crippen LogP contribution is 2.43. The minimum atomic E-state index is -4.39. The van der Waals surface area contributed by atoms with E-state index in [4.69, 9.17) is 18.5 Å². The summed E-state index contributed by atoms with van der Waals surface area (Å²) in [7, 11) is 1.51. The van der Waals surface area contributed by atoms with E-state index in [9.17, 15) is 19.0 Å². The molecule has 0 aliphatic heterocycles. The second-order valence-corrected chi connectivity index (χ2v) is 31.0. The summed E-state index contributed by atoms with van der Waals surface area (Å²) in [5.74, 6) is -0.766. The molecule has 0 aromatic carbocycles. The van der Waals surface area contributed by atoms with Crippen LogP contribution in [-0.2, 0) is 32.7 Å². The molecule has 1 N–H and O–H groups in total. The topological polar surface area (TPSA) is 108 Å². The lowest BCUT2D eigenvalue weighted by atomic mass is 10.0. The van der Waals surface area contributed by atoms with Crippen molar-refractivity contribution in [3.8, 4) is 0 Å². The number of phosphoric acid groups is 1. The van der Waals surface area contributed by atoms with E-state index in [1.807, 2.05) is 21.1 Å². The van der Waals surface area contributed by atoms with Gasteiger partial charge in [-0.1, -0.05) is 405 Å². The summed E-state index contributed by atoms with van der Waals surface area (Å²) < 4.78 is 34.8. The average molecular weight is 1310 g/mol. The van der Waals surface area contributed by atoms with Crippen molar-refractivity contribution in [3.05, 3.63) is 12.2 Å². The number of esters is 2. The molecule has 2 unspecified atom stereocenters. The fourth-order valence-corrected chi connectivity index (χ4v) is 13.5. The number of likely N-dealkylation sites (N-methyl/N-ethyl adjacent to an activating group) is 1. The van der Waals surface area contributed by atoms with Crippen molar-refractivity contribution in [1.29, 1.82) is 0 Å². The van der Waals surface area contributed by atoms with Crippen molar-refractivity contribution in [2.45, 2.75) is 450 Å². The van der Waals surface area contributed by atoms with Gasteiger partial charge in [0.1, 0.15) is 19.8 Å². The molecule has 0 aliphatic carbocycles. The standard InChI is InChI=1S/C81H160NO8P/c1-6-8-10-12-14-16-18-20-22-24-26-28-30-32-34-36-37-38-39-40-41-42-43-44-45-46-48-50-52-54-56-58-60-62-64-66-68-70-72-74-81(84)90-79(78-89-91(85,86)88-76-75-82(3,4)5)77-87-80(83)73-71-69-67-65-63-61-59-57-55-53-51-49-47-35-33-31-29-27-25-23-21-19-17-15-13-11-9-7-2/h24,26,79H,6-23,25,27-78H2,1-5H3/p+1/b26-24-. The molecule has 10 heteroatoms. The van der Waals surface area contributed by atoms with Gasteiger partial charge in [-0.3, -0.25) is 18.6 Å². The molecule has 0 aromatic heterocycles. The van der Waals surface area contributed by atoms with E-state index in [1.54, 1.807) is 0 Å². The van der Waals surface area contributed by atoms with Crippen molar-refractivity contribution in [3.63, 3.8) is 0 Å². The number of phosphoric ester groups is 1. The summed E-state index contributed by atoms with van der Waals surface area (Å²) >= 11 is 0. The number of hydrogen-bond acceptors (Lipinski definition) is 7. The van der Waals surface area contributed by atoms with E-state index >= 15 is 0 Å². The summed E-state index contributed by atoms with van der Waals surface area (Å²) in [5.41, 5.74) is 0. The van der Waals surface area contributed by atoms with Crippen LogP contribution in [-0.4, -0.2) is 74.9 Å². The van der Waals surface area contributed by atoms with Crippen molar-refractivity contribution in [2.75, 3.05) is 47.5 Å². The van der Waals surface area contributed by atoms with Crippen LogP contribution in [0.2, 0.25) is 0 Å². The van der Waals surface area contributed by atoms with E-state index in [0.717, 1.165) is 38.5 Å². The summed E-state index contributed by atoms with van der Waals surface area (Å²) in [6, 6.07) is 0. The van der Waals surface area contributed by atoms with Crippen LogP contribution < -0.4 is 0 Å². The SMILES string of the molecule is CCCCCCCCCC/C=C\CCCCCCCCCCCCCCCCCCCCCCCCCCCCCC(=O)OC(COC(=O)CCCCCCCCCCCCCCCCCCCCCCCCCCCCCC)COP(=O)(O)OCC[N+](C)(C)C. The number of rotatable bonds is 78. The molecule has 0 bridgehead atoms. The Labute approximate surface area is 568 Å². The molecule has 0 spiro atoms. The fourth-order valence-electron chi connectivity index (χ4n) is 12.8. The second kappa shape index (κ2) is 73.0. The first kappa shape index (κ1) is 89.8. The number of carbonyl (C=O) groups is 2. The number of carbonyl (C=O) groups excluding carboxylic acids is 2. The molecule has 0 fully saturated rings. The van der Waals surface area contributed by atoms with Crippen LogP contribution >= 0.6 is 7.82 Å². The van der Waals surface area contributed by atoms with Crippen molar-refractivity contribution in [1.82, 2.24) is 0 Å². The van der Waals surface area contributed by atoms with E-state index in [2.05, 4.69) is 26.0 Å². The van der Waals surface area contributed by atoms with Crippen molar-refractivity contribution in [2.24, 2.45) is 0 Å². The van der Waals surface area contributed by atoms with Crippen molar-refractivity contribution < 1.29 is 42.1 Å². The van der Waals surface area contributed by atoms with Crippen LogP contribution in [0.25, 0.3) is 0 Å². The number of nitrogens with zero attached hydrogens (tertiary/aromatic N) is 1. The summed E-state index contributed by atoms with van der Waals surface area (Å²) in [6.45, 7) is 4.53. The molecular formula is C81H161NO8P+. The molecule has 2 atom stereocenters. The third kappa shape index (κ3) is 77.6. The Morgan fingerprint density at radius 3 is 0.813 bits per heavy atom. The number of hydrogen-bond donors (Lipinski definition) is 1. The summed E-state index contributed by atoms with van der Waals surface area (Å²) in [4.78, 5) is 36.0. The maximum atomic E-state index is 12.9. The number of unbranched alkanes of at least 4 members (excludes halogenated alkanes) is 62. The lowest BCUT2D eigenvalue weighted by Gasteiger charge is -2.24. The summed E-state index contributed by atoms with van der Waals surface area (Å²) in [6.07, 6.45) is 92.4. The third-order valence-electron chi connectivity index (χ3n) is 19.0. The molecule has 91 heavy (non-hydrogen) atoms. The monoisotopic (exact) mass is 1310 g/mol. The number of ether oxygens (including phenoxy) is 2. The first-order chi connectivity index (χ1) is 44.5. The van der Waals surface area contributed by atoms with E-state index in [-0.39, 0.29) is 25.6 Å². The predicted molar refractivity (Wildman–Crippen MR) is 395 cm³/mol. The zero-order chi connectivity index (χ0) is 66.2. The lowest BCUT2D eigenvalue weighted by Crippen LogP contribution is -2.37. The van der Waals surface area contributed by atoms with Crippen LogP contribution in [0.15, 0.2) is 12.2 Å². The molecule has 0 heterocycles. The summed E-state index contributed by atoms with van der Waals surface area (Å²) in [5, 5.41) is 0. The number of quaternary nitrogens is 1. The van der Waals surface area contributed by atoms with Crippen LogP contribution in [0.5, 0.6) is 0 Å². The smallest absolute Gasteiger partial charge is 0.462 e. The van der Waals surface area contributed by atoms with Gasteiger partial charge in [0.2, 0.25) is 0 Å². The predicted octanol–water partition coefficient (Wildman–Crippen LogP) is 27.0. The molecule has 0 aromatic rings. The maximum Gasteiger partial charge on any atom is 0.472 e. The van der Waals surface area contributed by atoms with Gasteiger partial charge in [-0.25, -0.2) is 4.57 Å². The first-order valence-electron chi connectivity index (χ1n) is 40.9. The van der Waals surface area contributed by atoms with E-state index < -0.39 is 26.5 Å². The molecule has 0 amide bonds. The molecule has 0 radical (unpaired) electrons.